The highest BCUT2D eigenvalue weighted by Crippen LogP contribution is 2.34. The molecule has 0 aliphatic heterocycles. The monoisotopic (exact) mass is 224 g/mol. The van der Waals surface area contributed by atoms with E-state index in [1.54, 1.807) is 12.1 Å². The molecule has 1 aliphatic carbocycles. The molecule has 3 heteroatoms. The van der Waals surface area contributed by atoms with Crippen LogP contribution < -0.4 is 0 Å². The van der Waals surface area contributed by atoms with Gasteiger partial charge in [0, 0.05) is 0 Å². The van der Waals surface area contributed by atoms with Crippen LogP contribution in [-0.2, 0) is 10.7 Å². The SMILES string of the molecule is O=[SH](=O)c1ccccc1C1CCCCC1. The topological polar surface area (TPSA) is 34.1 Å². The molecule has 82 valence electrons. The summed E-state index contributed by atoms with van der Waals surface area (Å²) in [6.45, 7) is 0. The molecule has 0 unspecified atom stereocenters. The molecule has 0 radical (unpaired) electrons. The van der Waals surface area contributed by atoms with Gasteiger partial charge in [0.25, 0.3) is 0 Å². The Morgan fingerprint density at radius 1 is 1.00 bits per heavy atom. The Morgan fingerprint density at radius 3 is 2.33 bits per heavy atom. The third-order valence-corrected chi connectivity index (χ3v) is 3.98. The van der Waals surface area contributed by atoms with Crippen molar-refractivity contribution in [3.63, 3.8) is 0 Å². The van der Waals surface area contributed by atoms with Crippen LogP contribution in [0.5, 0.6) is 0 Å². The third kappa shape index (κ3) is 2.40. The number of hydrogen-bond donors (Lipinski definition) is 1. The molecule has 1 fully saturated rings. The normalized spacial score (nSPS) is 18.2. The van der Waals surface area contributed by atoms with E-state index in [2.05, 4.69) is 0 Å². The molecular weight excluding hydrogens is 208 g/mol. The second-order valence-corrected chi connectivity index (χ2v) is 5.15. The number of thiol groups is 1. The van der Waals surface area contributed by atoms with Gasteiger partial charge in [-0.15, -0.1) is 0 Å². The molecule has 1 aromatic rings. The van der Waals surface area contributed by atoms with Crippen molar-refractivity contribution in [3.05, 3.63) is 29.8 Å². The highest BCUT2D eigenvalue weighted by molar-refractivity contribution is 7.72. The first-order valence-corrected chi connectivity index (χ1v) is 6.70. The maximum Gasteiger partial charge on any atom is 0.168 e. The number of benzene rings is 1. The van der Waals surface area contributed by atoms with E-state index in [1.165, 1.54) is 19.3 Å². The van der Waals surface area contributed by atoms with E-state index in [-0.39, 0.29) is 0 Å². The van der Waals surface area contributed by atoms with E-state index in [4.69, 9.17) is 0 Å². The minimum Gasteiger partial charge on any atom is -0.227 e. The van der Waals surface area contributed by atoms with Crippen molar-refractivity contribution in [1.82, 2.24) is 0 Å². The van der Waals surface area contributed by atoms with Crippen LogP contribution in [0.4, 0.5) is 0 Å². The fourth-order valence-corrected chi connectivity index (χ4v) is 3.09. The van der Waals surface area contributed by atoms with Gasteiger partial charge in [-0.2, -0.15) is 0 Å². The molecule has 0 N–H and O–H groups in total. The summed E-state index contributed by atoms with van der Waals surface area (Å²) in [7, 11) is -2.44. The summed E-state index contributed by atoms with van der Waals surface area (Å²) in [6.07, 6.45) is 6.03. The second kappa shape index (κ2) is 4.79. The lowest BCUT2D eigenvalue weighted by Crippen LogP contribution is -2.06. The van der Waals surface area contributed by atoms with Crippen molar-refractivity contribution in [2.24, 2.45) is 0 Å². The van der Waals surface area contributed by atoms with Gasteiger partial charge in [0.2, 0.25) is 0 Å². The molecule has 2 nitrogen and oxygen atoms in total. The van der Waals surface area contributed by atoms with Crippen LogP contribution in [0.3, 0.4) is 0 Å². The molecule has 0 aromatic heterocycles. The van der Waals surface area contributed by atoms with Crippen molar-refractivity contribution in [2.45, 2.75) is 42.9 Å². The summed E-state index contributed by atoms with van der Waals surface area (Å²) in [5, 5.41) is 0. The fourth-order valence-electron chi connectivity index (χ4n) is 2.41. The maximum atomic E-state index is 11.1. The summed E-state index contributed by atoms with van der Waals surface area (Å²) in [6, 6.07) is 7.42. The first-order chi connectivity index (χ1) is 7.29. The molecule has 0 spiro atoms. The van der Waals surface area contributed by atoms with Crippen LogP contribution in [0, 0.1) is 0 Å². The molecule has 0 bridgehead atoms. The molecular formula is C12H16O2S. The Bertz CT molecular complexity index is 396. The summed E-state index contributed by atoms with van der Waals surface area (Å²) in [4.78, 5) is 0.527. The summed E-state index contributed by atoms with van der Waals surface area (Å²) >= 11 is 0. The van der Waals surface area contributed by atoms with Crippen LogP contribution in [0.2, 0.25) is 0 Å². The standard InChI is InChI=1S/C12H16O2S/c13-15(14)12-9-5-4-8-11(12)10-6-2-1-3-7-10/h4-5,8-10,15H,1-3,6-7H2. The Labute approximate surface area is 92.3 Å². The predicted octanol–water partition coefficient (Wildman–Crippen LogP) is 2.70. The maximum absolute atomic E-state index is 11.1. The molecule has 0 amide bonds. The van der Waals surface area contributed by atoms with E-state index in [0.717, 1.165) is 18.4 Å². The lowest BCUT2D eigenvalue weighted by Gasteiger charge is -2.22. The van der Waals surface area contributed by atoms with Crippen LogP contribution in [0.1, 0.15) is 43.6 Å². The van der Waals surface area contributed by atoms with Gasteiger partial charge >= 0.3 is 0 Å². The molecule has 1 aromatic carbocycles. The van der Waals surface area contributed by atoms with Crippen molar-refractivity contribution >= 4 is 10.7 Å². The molecule has 2 rings (SSSR count). The highest BCUT2D eigenvalue weighted by atomic mass is 32.2. The van der Waals surface area contributed by atoms with Crippen molar-refractivity contribution < 1.29 is 8.42 Å². The zero-order valence-corrected chi connectivity index (χ0v) is 9.58. The average molecular weight is 224 g/mol. The molecule has 0 saturated heterocycles. The van der Waals surface area contributed by atoms with Crippen LogP contribution in [0.25, 0.3) is 0 Å². The predicted molar refractivity (Wildman–Crippen MR) is 60.8 cm³/mol. The minimum atomic E-state index is -2.44. The Hall–Kier alpha value is -0.830. The minimum absolute atomic E-state index is 0.461. The smallest absolute Gasteiger partial charge is 0.168 e. The van der Waals surface area contributed by atoms with Gasteiger partial charge in [0.15, 0.2) is 10.7 Å². The first-order valence-electron chi connectivity index (χ1n) is 5.52. The summed E-state index contributed by atoms with van der Waals surface area (Å²) < 4.78 is 22.2. The summed E-state index contributed by atoms with van der Waals surface area (Å²) in [5.74, 6) is 0.461. The van der Waals surface area contributed by atoms with E-state index in [0.29, 0.717) is 10.8 Å². The van der Waals surface area contributed by atoms with Gasteiger partial charge in [0.05, 0.1) is 4.90 Å². The molecule has 1 saturated carbocycles. The highest BCUT2D eigenvalue weighted by Gasteiger charge is 2.18. The zero-order valence-electron chi connectivity index (χ0n) is 8.69. The van der Waals surface area contributed by atoms with Gasteiger partial charge in [-0.1, -0.05) is 37.5 Å². The molecule has 1 aliphatic rings. The van der Waals surface area contributed by atoms with Crippen LogP contribution in [0.15, 0.2) is 29.2 Å². The van der Waals surface area contributed by atoms with E-state index in [1.807, 2.05) is 12.1 Å². The molecule has 15 heavy (non-hydrogen) atoms. The van der Waals surface area contributed by atoms with Crippen LogP contribution >= 0.6 is 0 Å². The van der Waals surface area contributed by atoms with E-state index in [9.17, 15) is 8.42 Å². The van der Waals surface area contributed by atoms with Crippen molar-refractivity contribution in [1.29, 1.82) is 0 Å². The third-order valence-electron chi connectivity index (χ3n) is 3.18. The first kappa shape index (κ1) is 10.7. The van der Waals surface area contributed by atoms with Gasteiger partial charge in [-0.05, 0) is 30.4 Å². The fraction of sp³-hybridized carbons (Fsp3) is 0.500. The van der Waals surface area contributed by atoms with E-state index >= 15 is 0 Å². The van der Waals surface area contributed by atoms with Gasteiger partial charge in [-0.25, -0.2) is 8.42 Å². The Balaban J connectivity index is 2.33. The van der Waals surface area contributed by atoms with Crippen LogP contribution in [-0.4, -0.2) is 8.42 Å². The lowest BCUT2D eigenvalue weighted by molar-refractivity contribution is 0.439. The second-order valence-electron chi connectivity index (χ2n) is 4.15. The Kier molecular flexibility index (Phi) is 3.41. The summed E-state index contributed by atoms with van der Waals surface area (Å²) in [5.41, 5.74) is 1.04. The largest absolute Gasteiger partial charge is 0.227 e. The Morgan fingerprint density at radius 2 is 1.67 bits per heavy atom. The molecule has 0 heterocycles. The van der Waals surface area contributed by atoms with Gasteiger partial charge < -0.3 is 0 Å². The zero-order chi connectivity index (χ0) is 10.7. The number of rotatable bonds is 2. The average Bonchev–Trinajstić information content (AvgIpc) is 2.30. The van der Waals surface area contributed by atoms with Crippen molar-refractivity contribution in [3.8, 4) is 0 Å². The lowest BCUT2D eigenvalue weighted by atomic mass is 9.84. The van der Waals surface area contributed by atoms with Gasteiger partial charge in [0.1, 0.15) is 0 Å². The quantitative estimate of drug-likeness (QED) is 0.784. The number of hydrogen-bond acceptors (Lipinski definition) is 2. The van der Waals surface area contributed by atoms with E-state index < -0.39 is 10.7 Å². The van der Waals surface area contributed by atoms with Crippen molar-refractivity contribution in [2.75, 3.05) is 0 Å². The van der Waals surface area contributed by atoms with Gasteiger partial charge in [-0.3, -0.25) is 0 Å². The molecule has 0 atom stereocenters.